The Hall–Kier alpha value is -1.17. The molecule has 1 amide bonds. The van der Waals surface area contributed by atoms with Gasteiger partial charge in [-0.1, -0.05) is 28.1 Å². The highest BCUT2D eigenvalue weighted by atomic mass is 79.9. The first-order valence-electron chi connectivity index (χ1n) is 5.81. The molecule has 0 N–H and O–H groups in total. The number of benzene rings is 1. The minimum atomic E-state index is -2.51. The lowest BCUT2D eigenvalue weighted by atomic mass is 10.1. The molecular formula is C13H16BrF2NO2. The first-order valence-corrected chi connectivity index (χ1v) is 6.93. The first kappa shape index (κ1) is 15.9. The standard InChI is InChI=1S/C13H16BrF2NO2/c1-19-11-4-2-10(3-5-11)8-13(18)17(7-6-14)9-12(15)16/h2-5,12H,6-9H2,1H3. The van der Waals surface area contributed by atoms with Crippen molar-refractivity contribution in [3.8, 4) is 5.75 Å². The van der Waals surface area contributed by atoms with Gasteiger partial charge in [-0.2, -0.15) is 0 Å². The molecule has 0 fully saturated rings. The Balaban J connectivity index is 2.63. The summed E-state index contributed by atoms with van der Waals surface area (Å²) < 4.78 is 29.8. The molecule has 0 bridgehead atoms. The van der Waals surface area contributed by atoms with Crippen molar-refractivity contribution >= 4 is 21.8 Å². The van der Waals surface area contributed by atoms with Crippen molar-refractivity contribution < 1.29 is 18.3 Å². The van der Waals surface area contributed by atoms with Gasteiger partial charge in [-0.15, -0.1) is 0 Å². The van der Waals surface area contributed by atoms with Crippen LogP contribution in [-0.4, -0.2) is 42.8 Å². The number of halogens is 3. The van der Waals surface area contributed by atoms with Crippen LogP contribution in [0.1, 0.15) is 5.56 Å². The van der Waals surface area contributed by atoms with Crippen molar-refractivity contribution in [2.24, 2.45) is 0 Å². The summed E-state index contributed by atoms with van der Waals surface area (Å²) in [5.41, 5.74) is 0.777. The molecule has 1 rings (SSSR count). The molecule has 0 heterocycles. The zero-order chi connectivity index (χ0) is 14.3. The summed E-state index contributed by atoms with van der Waals surface area (Å²) in [6.07, 6.45) is -2.40. The van der Waals surface area contributed by atoms with E-state index in [1.54, 1.807) is 31.4 Å². The number of carbonyl (C=O) groups is 1. The number of nitrogens with zero attached hydrogens (tertiary/aromatic N) is 1. The predicted octanol–water partition coefficient (Wildman–Crippen LogP) is 2.73. The van der Waals surface area contributed by atoms with E-state index in [2.05, 4.69) is 15.9 Å². The van der Waals surface area contributed by atoms with Crippen molar-refractivity contribution in [1.82, 2.24) is 4.90 Å². The van der Waals surface area contributed by atoms with E-state index in [1.165, 1.54) is 4.90 Å². The fourth-order valence-electron chi connectivity index (χ4n) is 1.62. The molecule has 3 nitrogen and oxygen atoms in total. The van der Waals surface area contributed by atoms with Crippen molar-refractivity contribution in [3.63, 3.8) is 0 Å². The summed E-state index contributed by atoms with van der Waals surface area (Å²) in [6.45, 7) is -0.250. The predicted molar refractivity (Wildman–Crippen MR) is 73.1 cm³/mol. The summed E-state index contributed by atoms with van der Waals surface area (Å²) >= 11 is 3.16. The maximum absolute atomic E-state index is 12.4. The van der Waals surface area contributed by atoms with E-state index < -0.39 is 13.0 Å². The van der Waals surface area contributed by atoms with Crippen LogP contribution in [0.3, 0.4) is 0 Å². The van der Waals surface area contributed by atoms with Gasteiger partial charge in [-0.05, 0) is 17.7 Å². The van der Waals surface area contributed by atoms with E-state index >= 15 is 0 Å². The van der Waals surface area contributed by atoms with E-state index in [9.17, 15) is 13.6 Å². The third-order valence-electron chi connectivity index (χ3n) is 2.58. The molecule has 0 spiro atoms. The molecule has 0 saturated carbocycles. The molecule has 1 aromatic rings. The van der Waals surface area contributed by atoms with Crippen LogP contribution in [0.5, 0.6) is 5.75 Å². The molecule has 0 atom stereocenters. The molecule has 0 aliphatic carbocycles. The second-order valence-electron chi connectivity index (χ2n) is 3.94. The Labute approximate surface area is 119 Å². The molecule has 6 heteroatoms. The number of hydrogen-bond acceptors (Lipinski definition) is 2. The lowest BCUT2D eigenvalue weighted by Gasteiger charge is -2.21. The fraction of sp³-hybridized carbons (Fsp3) is 0.462. The fourth-order valence-corrected chi connectivity index (χ4v) is 2.04. The lowest BCUT2D eigenvalue weighted by molar-refractivity contribution is -0.132. The molecule has 0 aliphatic heterocycles. The average Bonchev–Trinajstić information content (AvgIpc) is 2.38. The van der Waals surface area contributed by atoms with Gasteiger partial charge in [0.1, 0.15) is 5.75 Å². The number of rotatable bonds is 7. The maximum Gasteiger partial charge on any atom is 0.255 e. The van der Waals surface area contributed by atoms with Gasteiger partial charge in [0.25, 0.3) is 6.43 Å². The number of ether oxygens (including phenoxy) is 1. The molecule has 0 saturated heterocycles. The van der Waals surface area contributed by atoms with Gasteiger partial charge < -0.3 is 9.64 Å². The second-order valence-corrected chi connectivity index (χ2v) is 4.74. The highest BCUT2D eigenvalue weighted by Gasteiger charge is 2.17. The van der Waals surface area contributed by atoms with Gasteiger partial charge in [0.2, 0.25) is 5.91 Å². The first-order chi connectivity index (χ1) is 9.06. The summed E-state index contributed by atoms with van der Waals surface area (Å²) in [5, 5.41) is 0.480. The third-order valence-corrected chi connectivity index (χ3v) is 2.93. The number of carbonyl (C=O) groups excluding carboxylic acids is 1. The molecule has 106 valence electrons. The normalized spacial score (nSPS) is 10.6. The minimum Gasteiger partial charge on any atom is -0.497 e. The molecular weight excluding hydrogens is 320 g/mol. The topological polar surface area (TPSA) is 29.5 Å². The van der Waals surface area contributed by atoms with Crippen molar-refractivity contribution in [2.45, 2.75) is 12.8 Å². The van der Waals surface area contributed by atoms with Crippen molar-refractivity contribution in [2.75, 3.05) is 25.5 Å². The summed E-state index contributed by atoms with van der Waals surface area (Å²) in [5.74, 6) is 0.394. The van der Waals surface area contributed by atoms with E-state index in [0.717, 1.165) is 5.56 Å². The van der Waals surface area contributed by atoms with Crippen LogP contribution < -0.4 is 4.74 Å². The quantitative estimate of drug-likeness (QED) is 0.717. The van der Waals surface area contributed by atoms with E-state index in [0.29, 0.717) is 11.1 Å². The third kappa shape index (κ3) is 5.55. The molecule has 0 unspecified atom stereocenters. The largest absolute Gasteiger partial charge is 0.497 e. The van der Waals surface area contributed by atoms with Crippen molar-refractivity contribution in [3.05, 3.63) is 29.8 Å². The zero-order valence-electron chi connectivity index (χ0n) is 10.6. The van der Waals surface area contributed by atoms with Crippen LogP contribution in [0.25, 0.3) is 0 Å². The maximum atomic E-state index is 12.4. The van der Waals surface area contributed by atoms with Gasteiger partial charge in [0.15, 0.2) is 0 Å². The zero-order valence-corrected chi connectivity index (χ0v) is 12.2. The van der Waals surface area contributed by atoms with Crippen molar-refractivity contribution in [1.29, 1.82) is 0 Å². The molecule has 0 aromatic heterocycles. The second kappa shape index (κ2) is 8.09. The molecule has 19 heavy (non-hydrogen) atoms. The SMILES string of the molecule is COc1ccc(CC(=O)N(CCBr)CC(F)F)cc1. The summed E-state index contributed by atoms with van der Waals surface area (Å²) in [4.78, 5) is 13.1. The van der Waals surface area contributed by atoms with Gasteiger partial charge in [-0.3, -0.25) is 4.79 Å². The van der Waals surface area contributed by atoms with Crippen LogP contribution in [0, 0.1) is 0 Å². The number of methoxy groups -OCH3 is 1. The van der Waals surface area contributed by atoms with Crippen LogP contribution in [0.15, 0.2) is 24.3 Å². The lowest BCUT2D eigenvalue weighted by Crippen LogP contribution is -2.37. The summed E-state index contributed by atoms with van der Waals surface area (Å²) in [7, 11) is 1.56. The van der Waals surface area contributed by atoms with Gasteiger partial charge in [-0.25, -0.2) is 8.78 Å². The molecule has 0 radical (unpaired) electrons. The number of alkyl halides is 3. The Morgan fingerprint density at radius 3 is 2.47 bits per heavy atom. The van der Waals surface area contributed by atoms with Gasteiger partial charge in [0.05, 0.1) is 20.1 Å². The number of hydrogen-bond donors (Lipinski definition) is 0. The van der Waals surface area contributed by atoms with E-state index in [4.69, 9.17) is 4.74 Å². The highest BCUT2D eigenvalue weighted by Crippen LogP contribution is 2.13. The summed E-state index contributed by atoms with van der Waals surface area (Å²) in [6, 6.07) is 6.99. The van der Waals surface area contributed by atoms with Gasteiger partial charge >= 0.3 is 0 Å². The Morgan fingerprint density at radius 1 is 1.37 bits per heavy atom. The van der Waals surface area contributed by atoms with Crippen LogP contribution in [0.2, 0.25) is 0 Å². The highest BCUT2D eigenvalue weighted by molar-refractivity contribution is 9.09. The minimum absolute atomic E-state index is 0.115. The van der Waals surface area contributed by atoms with E-state index in [1.807, 2.05) is 0 Å². The Morgan fingerprint density at radius 2 is 2.00 bits per heavy atom. The molecule has 0 aliphatic rings. The smallest absolute Gasteiger partial charge is 0.255 e. The van der Waals surface area contributed by atoms with Crippen LogP contribution >= 0.6 is 15.9 Å². The average molecular weight is 336 g/mol. The van der Waals surface area contributed by atoms with Crippen LogP contribution in [-0.2, 0) is 11.2 Å². The monoisotopic (exact) mass is 335 g/mol. The van der Waals surface area contributed by atoms with Crippen LogP contribution in [0.4, 0.5) is 8.78 Å². The van der Waals surface area contributed by atoms with E-state index in [-0.39, 0.29) is 18.9 Å². The van der Waals surface area contributed by atoms with Gasteiger partial charge in [0, 0.05) is 11.9 Å². The Bertz CT molecular complexity index is 398. The Kier molecular flexibility index (Phi) is 6.77. The molecule has 1 aromatic carbocycles. The number of amides is 1.